The van der Waals surface area contributed by atoms with E-state index in [4.69, 9.17) is 44.3 Å². The molecule has 0 unspecified atom stereocenters. The Morgan fingerprint density at radius 3 is 2.18 bits per heavy atom. The topological polar surface area (TPSA) is 71.0 Å². The molecular formula is C30H33Cl3N2O4. The number of ether oxygens (including phenoxy) is 2. The van der Waals surface area contributed by atoms with Gasteiger partial charge in [0.2, 0.25) is 0 Å². The second-order valence-electron chi connectivity index (χ2n) is 9.92. The van der Waals surface area contributed by atoms with Gasteiger partial charge in [0, 0.05) is 29.8 Å². The van der Waals surface area contributed by atoms with E-state index in [0.29, 0.717) is 12.2 Å². The molecule has 1 aliphatic rings. The minimum Gasteiger partial charge on any atom is -0.392 e. The van der Waals surface area contributed by atoms with E-state index in [0.717, 1.165) is 16.7 Å². The minimum atomic E-state index is -2.06. The van der Waals surface area contributed by atoms with Crippen molar-refractivity contribution in [2.75, 3.05) is 18.9 Å². The quantitative estimate of drug-likeness (QED) is 0.277. The number of nitrogens with one attached hydrogen (secondary N) is 1. The number of hydrogen-bond donors (Lipinski definition) is 2. The number of alkyl halides is 3. The standard InChI is InChI=1S/C30H33Cl3N2O4/c1-19-26(17-35(3)20(2)22-7-5-4-6-8-22)38-28(39-27(19)23-11-9-21(18-36)10-12-23)24-13-15-25(16-14-24)34-29(37)30(31,32)33/h4-16,19-20,26-28,36H,17-18H2,1-3H3,(H,34,37)/t19-,20+,26+,27+,28+/m1/s1. The molecular weight excluding hydrogens is 559 g/mol. The van der Waals surface area contributed by atoms with Crippen LogP contribution in [-0.2, 0) is 20.9 Å². The van der Waals surface area contributed by atoms with Crippen molar-refractivity contribution in [1.82, 2.24) is 4.90 Å². The molecule has 5 atom stereocenters. The van der Waals surface area contributed by atoms with Crippen molar-refractivity contribution in [3.63, 3.8) is 0 Å². The van der Waals surface area contributed by atoms with Crippen molar-refractivity contribution >= 4 is 46.4 Å². The Bertz CT molecular complexity index is 1220. The first-order valence-electron chi connectivity index (χ1n) is 12.8. The molecule has 0 radical (unpaired) electrons. The van der Waals surface area contributed by atoms with Crippen molar-refractivity contribution in [2.24, 2.45) is 5.92 Å². The second kappa shape index (κ2) is 13.0. The number of carbonyl (C=O) groups excluding carboxylic acids is 1. The number of nitrogens with zero attached hydrogens (tertiary/aromatic N) is 1. The Kier molecular flexibility index (Phi) is 9.94. The molecule has 3 aromatic rings. The number of carbonyl (C=O) groups is 1. The molecule has 3 aromatic carbocycles. The van der Waals surface area contributed by atoms with Gasteiger partial charge in [0.25, 0.3) is 9.70 Å². The summed E-state index contributed by atoms with van der Waals surface area (Å²) in [5, 5.41) is 12.1. The van der Waals surface area contributed by atoms with Gasteiger partial charge in [-0.3, -0.25) is 9.69 Å². The SMILES string of the molecule is C[C@@H]1[C@H](CN(C)[C@@H](C)c2ccccc2)O[C@H](c2ccc(NC(=O)C(Cl)(Cl)Cl)cc2)O[C@@H]1c1ccc(CO)cc1. The van der Waals surface area contributed by atoms with Crippen LogP contribution in [0.3, 0.4) is 0 Å². The van der Waals surface area contributed by atoms with E-state index in [1.54, 1.807) is 12.1 Å². The minimum absolute atomic E-state index is 0.0148. The third-order valence-corrected chi connectivity index (χ3v) is 7.75. The summed E-state index contributed by atoms with van der Waals surface area (Å²) in [5.41, 5.74) is 4.39. The molecule has 9 heteroatoms. The van der Waals surface area contributed by atoms with E-state index in [1.807, 2.05) is 42.5 Å². The first-order valence-corrected chi connectivity index (χ1v) is 13.9. The van der Waals surface area contributed by atoms with Crippen molar-refractivity contribution < 1.29 is 19.4 Å². The van der Waals surface area contributed by atoms with Crippen molar-refractivity contribution in [2.45, 2.75) is 48.8 Å². The number of aliphatic hydroxyl groups excluding tert-OH is 1. The van der Waals surface area contributed by atoms with Crippen LogP contribution in [0.5, 0.6) is 0 Å². The van der Waals surface area contributed by atoms with Crippen LogP contribution in [0.2, 0.25) is 0 Å². The number of halogens is 3. The molecule has 0 bridgehead atoms. The van der Waals surface area contributed by atoms with Gasteiger partial charge >= 0.3 is 0 Å². The molecule has 208 valence electrons. The molecule has 0 spiro atoms. The van der Waals surface area contributed by atoms with E-state index in [-0.39, 0.29) is 30.8 Å². The Balaban J connectivity index is 1.57. The molecule has 1 aliphatic heterocycles. The maximum atomic E-state index is 12.0. The first kappa shape index (κ1) is 29.8. The number of hydrogen-bond acceptors (Lipinski definition) is 5. The Morgan fingerprint density at radius 2 is 1.59 bits per heavy atom. The molecule has 2 N–H and O–H groups in total. The predicted molar refractivity (Wildman–Crippen MR) is 156 cm³/mol. The summed E-state index contributed by atoms with van der Waals surface area (Å²) in [6, 6.07) is 25.5. The monoisotopic (exact) mass is 590 g/mol. The third-order valence-electron chi connectivity index (χ3n) is 7.23. The molecule has 1 amide bonds. The zero-order valence-electron chi connectivity index (χ0n) is 22.1. The summed E-state index contributed by atoms with van der Waals surface area (Å²) in [5.74, 6) is -0.684. The normalized spacial score (nSPS) is 22.5. The van der Waals surface area contributed by atoms with Crippen molar-refractivity contribution in [3.8, 4) is 0 Å². The van der Waals surface area contributed by atoms with E-state index in [1.165, 1.54) is 5.56 Å². The number of benzene rings is 3. The van der Waals surface area contributed by atoms with Crippen LogP contribution in [0.15, 0.2) is 78.9 Å². The maximum absolute atomic E-state index is 12.0. The molecule has 1 saturated heterocycles. The maximum Gasteiger partial charge on any atom is 0.276 e. The zero-order chi connectivity index (χ0) is 28.2. The number of rotatable bonds is 8. The van der Waals surface area contributed by atoms with E-state index < -0.39 is 16.0 Å². The predicted octanol–water partition coefficient (Wildman–Crippen LogP) is 6.97. The fraction of sp³-hybridized carbons (Fsp3) is 0.367. The highest BCUT2D eigenvalue weighted by Crippen LogP contribution is 2.42. The van der Waals surface area contributed by atoms with Crippen LogP contribution in [-0.4, -0.2) is 39.4 Å². The number of amides is 1. The smallest absolute Gasteiger partial charge is 0.276 e. The van der Waals surface area contributed by atoms with Crippen molar-refractivity contribution in [1.29, 1.82) is 0 Å². The van der Waals surface area contributed by atoms with Gasteiger partial charge in [0.1, 0.15) is 0 Å². The molecule has 4 rings (SSSR count). The lowest BCUT2D eigenvalue weighted by atomic mass is 9.89. The van der Waals surface area contributed by atoms with Crippen LogP contribution in [0.4, 0.5) is 5.69 Å². The zero-order valence-corrected chi connectivity index (χ0v) is 24.3. The molecule has 39 heavy (non-hydrogen) atoms. The summed E-state index contributed by atoms with van der Waals surface area (Å²) in [6.07, 6.45) is -0.996. The van der Waals surface area contributed by atoms with Crippen LogP contribution in [0.25, 0.3) is 0 Å². The molecule has 6 nitrogen and oxygen atoms in total. The lowest BCUT2D eigenvalue weighted by Crippen LogP contribution is -2.44. The number of likely N-dealkylation sites (N-methyl/N-ethyl adjacent to an activating group) is 1. The highest BCUT2D eigenvalue weighted by Gasteiger charge is 2.39. The fourth-order valence-electron chi connectivity index (χ4n) is 4.68. The van der Waals surface area contributed by atoms with Crippen LogP contribution in [0, 0.1) is 5.92 Å². The first-order chi connectivity index (χ1) is 18.6. The van der Waals surface area contributed by atoms with E-state index in [2.05, 4.69) is 55.4 Å². The summed E-state index contributed by atoms with van der Waals surface area (Å²) < 4.78 is 11.0. The Labute approximate surface area is 244 Å². The Morgan fingerprint density at radius 1 is 0.974 bits per heavy atom. The molecule has 1 heterocycles. The van der Waals surface area contributed by atoms with E-state index in [9.17, 15) is 9.90 Å². The largest absolute Gasteiger partial charge is 0.392 e. The van der Waals surface area contributed by atoms with Gasteiger partial charge in [0.15, 0.2) is 6.29 Å². The lowest BCUT2D eigenvalue weighted by molar-refractivity contribution is -0.276. The van der Waals surface area contributed by atoms with Gasteiger partial charge in [-0.2, -0.15) is 0 Å². The molecule has 0 aromatic heterocycles. The Hall–Kier alpha value is -2.16. The van der Waals surface area contributed by atoms with Gasteiger partial charge in [-0.1, -0.05) is 108 Å². The molecule has 1 fully saturated rings. The highest BCUT2D eigenvalue weighted by molar-refractivity contribution is 6.76. The van der Waals surface area contributed by atoms with Gasteiger partial charge in [-0.05, 0) is 42.8 Å². The van der Waals surface area contributed by atoms with Gasteiger partial charge in [0.05, 0.1) is 18.8 Å². The molecule has 0 aliphatic carbocycles. The summed E-state index contributed by atoms with van der Waals surface area (Å²) >= 11 is 17.0. The van der Waals surface area contributed by atoms with Crippen LogP contribution < -0.4 is 5.32 Å². The van der Waals surface area contributed by atoms with Gasteiger partial charge in [-0.15, -0.1) is 0 Å². The van der Waals surface area contributed by atoms with Gasteiger partial charge in [-0.25, -0.2) is 0 Å². The summed E-state index contributed by atoms with van der Waals surface area (Å²) in [6.45, 7) is 5.01. The third kappa shape index (κ3) is 7.53. The van der Waals surface area contributed by atoms with Gasteiger partial charge < -0.3 is 19.9 Å². The van der Waals surface area contributed by atoms with Crippen LogP contribution >= 0.6 is 34.8 Å². The highest BCUT2D eigenvalue weighted by atomic mass is 35.6. The summed E-state index contributed by atoms with van der Waals surface area (Å²) in [7, 11) is 2.10. The number of anilines is 1. The average Bonchev–Trinajstić information content (AvgIpc) is 2.94. The average molecular weight is 592 g/mol. The van der Waals surface area contributed by atoms with Crippen LogP contribution in [0.1, 0.15) is 54.5 Å². The lowest BCUT2D eigenvalue weighted by Gasteiger charge is -2.43. The molecule has 0 saturated carbocycles. The van der Waals surface area contributed by atoms with Crippen molar-refractivity contribution in [3.05, 3.63) is 101 Å². The summed E-state index contributed by atoms with van der Waals surface area (Å²) in [4.78, 5) is 14.3. The second-order valence-corrected chi connectivity index (χ2v) is 12.2. The van der Waals surface area contributed by atoms with E-state index >= 15 is 0 Å². The number of aliphatic hydroxyl groups is 1. The fourth-order valence-corrected chi connectivity index (χ4v) is 4.82.